The van der Waals surface area contributed by atoms with E-state index >= 15 is 0 Å². The predicted octanol–water partition coefficient (Wildman–Crippen LogP) is 2.16. The van der Waals surface area contributed by atoms with E-state index in [1.807, 2.05) is 0 Å². The van der Waals surface area contributed by atoms with Crippen LogP contribution >= 0.6 is 0 Å². The van der Waals surface area contributed by atoms with Crippen molar-refractivity contribution in [3.63, 3.8) is 0 Å². The Hall–Kier alpha value is -1.64. The number of ether oxygens (including phenoxy) is 1. The van der Waals surface area contributed by atoms with Crippen molar-refractivity contribution in [2.75, 3.05) is 13.7 Å². The number of nitrogens with zero attached hydrogens (tertiary/aromatic N) is 1. The van der Waals surface area contributed by atoms with Crippen molar-refractivity contribution in [1.82, 2.24) is 9.79 Å². The highest BCUT2D eigenvalue weighted by atomic mass is 32.2. The van der Waals surface area contributed by atoms with Gasteiger partial charge in [-0.3, -0.25) is 10.0 Å². The van der Waals surface area contributed by atoms with Crippen LogP contribution in [-0.4, -0.2) is 43.0 Å². The average molecular weight is 394 g/mol. The molecular formula is C19H26N2O5S. The third kappa shape index (κ3) is 3.23. The number of benzene rings is 1. The number of hydrogen-bond donors (Lipinski definition) is 2. The predicted molar refractivity (Wildman–Crippen MR) is 97.7 cm³/mol. The van der Waals surface area contributed by atoms with Gasteiger partial charge in [0.05, 0.1) is 18.6 Å². The first-order valence-electron chi connectivity index (χ1n) is 9.46. The number of amides is 1. The van der Waals surface area contributed by atoms with Crippen molar-refractivity contribution in [2.24, 2.45) is 17.8 Å². The number of hydroxylamine groups is 1. The van der Waals surface area contributed by atoms with E-state index in [0.717, 1.165) is 19.3 Å². The van der Waals surface area contributed by atoms with Crippen LogP contribution in [0, 0.1) is 17.8 Å². The van der Waals surface area contributed by atoms with Gasteiger partial charge in [0, 0.05) is 5.54 Å². The third-order valence-corrected chi connectivity index (χ3v) is 8.56. The van der Waals surface area contributed by atoms with Gasteiger partial charge in [-0.2, -0.15) is 4.31 Å². The molecular weight excluding hydrogens is 368 g/mol. The van der Waals surface area contributed by atoms with E-state index in [9.17, 15) is 13.2 Å². The molecule has 4 aliphatic rings. The van der Waals surface area contributed by atoms with Crippen molar-refractivity contribution in [2.45, 2.75) is 49.0 Å². The van der Waals surface area contributed by atoms with Crippen LogP contribution in [0.15, 0.2) is 29.2 Å². The van der Waals surface area contributed by atoms with Gasteiger partial charge in [0.2, 0.25) is 10.0 Å². The molecule has 0 saturated heterocycles. The number of carbonyl (C=O) groups is 1. The zero-order chi connectivity index (χ0) is 19.2. The largest absolute Gasteiger partial charge is 0.497 e. The second-order valence-corrected chi connectivity index (χ2v) is 10.2. The maximum atomic E-state index is 13.5. The van der Waals surface area contributed by atoms with E-state index in [0.29, 0.717) is 23.5 Å². The molecule has 0 aromatic heterocycles. The van der Waals surface area contributed by atoms with Crippen molar-refractivity contribution in [3.05, 3.63) is 24.3 Å². The second-order valence-electron chi connectivity index (χ2n) is 8.36. The molecule has 1 amide bonds. The molecule has 4 fully saturated rings. The van der Waals surface area contributed by atoms with Gasteiger partial charge in [-0.1, -0.05) is 0 Å². The molecule has 0 aliphatic heterocycles. The summed E-state index contributed by atoms with van der Waals surface area (Å²) in [7, 11) is -2.36. The lowest BCUT2D eigenvalue weighted by Crippen LogP contribution is -2.62. The number of sulfonamides is 1. The Bertz CT molecular complexity index is 786. The molecule has 1 aromatic rings. The van der Waals surface area contributed by atoms with E-state index in [2.05, 4.69) is 0 Å². The minimum absolute atomic E-state index is 0.143. The molecule has 7 nitrogen and oxygen atoms in total. The summed E-state index contributed by atoms with van der Waals surface area (Å²) < 4.78 is 33.5. The van der Waals surface area contributed by atoms with Gasteiger partial charge in [-0.25, -0.2) is 13.9 Å². The number of carbonyl (C=O) groups excluding carboxylic acids is 1. The lowest BCUT2D eigenvalue weighted by molar-refractivity contribution is -0.132. The molecule has 0 atom stereocenters. The second kappa shape index (κ2) is 6.76. The number of nitrogens with one attached hydrogen (secondary N) is 1. The van der Waals surface area contributed by atoms with E-state index in [1.54, 1.807) is 17.6 Å². The first-order valence-corrected chi connectivity index (χ1v) is 10.9. The Morgan fingerprint density at radius 1 is 1.15 bits per heavy atom. The molecule has 27 heavy (non-hydrogen) atoms. The molecule has 0 radical (unpaired) electrons. The third-order valence-electron chi connectivity index (χ3n) is 6.59. The maximum absolute atomic E-state index is 13.5. The van der Waals surface area contributed by atoms with Gasteiger partial charge in [0.15, 0.2) is 0 Å². The summed E-state index contributed by atoms with van der Waals surface area (Å²) in [5.41, 5.74) is 1.08. The van der Waals surface area contributed by atoms with Crippen molar-refractivity contribution in [1.29, 1.82) is 0 Å². The van der Waals surface area contributed by atoms with Gasteiger partial charge >= 0.3 is 0 Å². The summed E-state index contributed by atoms with van der Waals surface area (Å²) in [6.07, 6.45) is 5.90. The van der Waals surface area contributed by atoms with Crippen molar-refractivity contribution >= 4 is 15.9 Å². The number of methoxy groups -OCH3 is 1. The normalized spacial score (nSPS) is 31.9. The molecule has 0 spiro atoms. The van der Waals surface area contributed by atoms with Crippen LogP contribution < -0.4 is 10.2 Å². The fraction of sp³-hybridized carbons (Fsp3) is 0.632. The smallest absolute Gasteiger partial charge is 0.258 e. The summed E-state index contributed by atoms with van der Waals surface area (Å²) >= 11 is 0. The summed E-state index contributed by atoms with van der Waals surface area (Å²) in [5, 5.41) is 9.03. The van der Waals surface area contributed by atoms with Crippen LogP contribution in [0.4, 0.5) is 0 Å². The Balaban J connectivity index is 1.73. The Morgan fingerprint density at radius 3 is 2.11 bits per heavy atom. The van der Waals surface area contributed by atoms with Crippen LogP contribution in [0.1, 0.15) is 38.5 Å². The molecule has 5 rings (SSSR count). The molecule has 148 valence electrons. The average Bonchev–Trinajstić information content (AvgIpc) is 2.64. The SMILES string of the molecule is COc1ccc(S(=O)(=O)N(CC(=O)NO)C23CC4CC(CC(C4)C2)C3)cc1. The molecule has 0 heterocycles. The molecule has 4 saturated carbocycles. The van der Waals surface area contributed by atoms with Crippen LogP contribution in [-0.2, 0) is 14.8 Å². The first kappa shape index (κ1) is 18.7. The summed E-state index contributed by atoms with van der Waals surface area (Å²) in [6.45, 7) is -0.364. The highest BCUT2D eigenvalue weighted by molar-refractivity contribution is 7.89. The van der Waals surface area contributed by atoms with E-state index in [4.69, 9.17) is 9.94 Å². The highest BCUT2D eigenvalue weighted by Crippen LogP contribution is 2.58. The topological polar surface area (TPSA) is 95.9 Å². The van der Waals surface area contributed by atoms with Gasteiger partial charge in [-0.15, -0.1) is 0 Å². The Labute approximate surface area is 159 Å². The summed E-state index contributed by atoms with van der Waals surface area (Å²) in [6, 6.07) is 6.24. The maximum Gasteiger partial charge on any atom is 0.258 e. The fourth-order valence-electron chi connectivity index (χ4n) is 5.92. The lowest BCUT2D eigenvalue weighted by Gasteiger charge is -2.59. The van der Waals surface area contributed by atoms with Gasteiger partial charge in [-0.05, 0) is 80.5 Å². The van der Waals surface area contributed by atoms with Crippen LogP contribution in [0.25, 0.3) is 0 Å². The number of rotatable bonds is 6. The Kier molecular flexibility index (Phi) is 4.68. The van der Waals surface area contributed by atoms with Crippen molar-refractivity contribution in [3.8, 4) is 5.75 Å². The minimum Gasteiger partial charge on any atom is -0.497 e. The van der Waals surface area contributed by atoms with Crippen molar-refractivity contribution < 1.29 is 23.2 Å². The van der Waals surface area contributed by atoms with Gasteiger partial charge < -0.3 is 4.74 Å². The molecule has 4 bridgehead atoms. The Morgan fingerprint density at radius 2 is 1.67 bits per heavy atom. The van der Waals surface area contributed by atoms with Gasteiger partial charge in [0.1, 0.15) is 5.75 Å². The van der Waals surface area contributed by atoms with Gasteiger partial charge in [0.25, 0.3) is 5.91 Å². The molecule has 0 unspecified atom stereocenters. The lowest BCUT2D eigenvalue weighted by atomic mass is 9.53. The molecule has 8 heteroatoms. The van der Waals surface area contributed by atoms with E-state index in [-0.39, 0.29) is 11.4 Å². The summed E-state index contributed by atoms with van der Waals surface area (Å²) in [4.78, 5) is 12.1. The quantitative estimate of drug-likeness (QED) is 0.569. The van der Waals surface area contributed by atoms with E-state index in [1.165, 1.54) is 42.8 Å². The van der Waals surface area contributed by atoms with E-state index < -0.39 is 21.5 Å². The van der Waals surface area contributed by atoms with Crippen LogP contribution in [0.3, 0.4) is 0 Å². The number of hydrogen-bond acceptors (Lipinski definition) is 5. The standard InChI is InChI=1S/C19H26N2O5S/c1-26-16-2-4-17(5-3-16)27(24,25)21(12-18(22)20-23)19-9-13-6-14(10-19)8-15(7-13)11-19/h2-5,13-15,23H,6-12H2,1H3,(H,20,22). The molecule has 2 N–H and O–H groups in total. The highest BCUT2D eigenvalue weighted by Gasteiger charge is 2.56. The zero-order valence-corrected chi connectivity index (χ0v) is 16.2. The minimum atomic E-state index is -3.89. The molecule has 1 aromatic carbocycles. The fourth-order valence-corrected chi connectivity index (χ4v) is 7.67. The van der Waals surface area contributed by atoms with Crippen LogP contribution in [0.5, 0.6) is 5.75 Å². The molecule has 4 aliphatic carbocycles. The monoisotopic (exact) mass is 394 g/mol. The zero-order valence-electron chi connectivity index (χ0n) is 15.4. The first-order chi connectivity index (χ1) is 12.9. The van der Waals surface area contributed by atoms with Crippen LogP contribution in [0.2, 0.25) is 0 Å². The summed E-state index contributed by atoms with van der Waals surface area (Å²) in [5.74, 6) is 1.46.